The van der Waals surface area contributed by atoms with Gasteiger partial charge in [-0.15, -0.1) is 0 Å². The number of benzene rings is 2. The fourth-order valence-electron chi connectivity index (χ4n) is 1.82. The highest BCUT2D eigenvalue weighted by Crippen LogP contribution is 2.39. The number of rotatable bonds is 1. The molecule has 1 heterocycles. The molecule has 2 heteroatoms. The Balaban J connectivity index is 2.22. The van der Waals surface area contributed by atoms with Crippen LogP contribution >= 0.6 is 10.5 Å². The van der Waals surface area contributed by atoms with Crippen LogP contribution in [0.5, 0.6) is 0 Å². The van der Waals surface area contributed by atoms with Gasteiger partial charge in [0.2, 0.25) is 0 Å². The molecule has 1 aromatic heterocycles. The van der Waals surface area contributed by atoms with E-state index in [9.17, 15) is 4.39 Å². The smallest absolute Gasteiger partial charge is 0.186 e. The minimum atomic E-state index is -0.177. The lowest BCUT2D eigenvalue weighted by Crippen LogP contribution is -1.72. The van der Waals surface area contributed by atoms with E-state index in [4.69, 9.17) is 0 Å². The molecule has 2 aromatic carbocycles. The molecule has 0 aliphatic carbocycles. The summed E-state index contributed by atoms with van der Waals surface area (Å²) in [4.78, 5) is 1.17. The molecular weight excluding hydrogens is 219 g/mol. The molecule has 0 nitrogen and oxygen atoms in total. The van der Waals surface area contributed by atoms with Crippen molar-refractivity contribution in [1.82, 2.24) is 0 Å². The zero-order chi connectivity index (χ0) is 11.0. The van der Waals surface area contributed by atoms with E-state index in [1.807, 2.05) is 18.2 Å². The Hall–Kier alpha value is -1.67. The molecule has 1 atom stereocenters. The maximum Gasteiger partial charge on any atom is 0.186 e. The average Bonchev–Trinajstić information content (AvgIpc) is 2.74. The molecule has 16 heavy (non-hydrogen) atoms. The van der Waals surface area contributed by atoms with Gasteiger partial charge >= 0.3 is 0 Å². The van der Waals surface area contributed by atoms with Crippen molar-refractivity contribution >= 4 is 20.6 Å². The molecule has 78 valence electrons. The maximum absolute atomic E-state index is 12.9. The lowest BCUT2D eigenvalue weighted by Gasteiger charge is -1.91. The van der Waals surface area contributed by atoms with Gasteiger partial charge < -0.3 is 0 Å². The van der Waals surface area contributed by atoms with E-state index in [1.165, 1.54) is 27.1 Å². The van der Waals surface area contributed by atoms with Crippen molar-refractivity contribution in [1.29, 1.82) is 0 Å². The SMILES string of the molecule is Fc1ccc(-[s+]2ccc3ccccc32)cc1. The predicted octanol–water partition coefficient (Wildman–Crippen LogP) is 4.72. The average molecular weight is 229 g/mol. The molecule has 0 saturated heterocycles. The summed E-state index contributed by atoms with van der Waals surface area (Å²) in [5.74, 6) is -0.177. The molecule has 3 rings (SSSR count). The molecule has 0 radical (unpaired) electrons. The molecule has 0 fully saturated rings. The number of thiophene rings is 1. The van der Waals surface area contributed by atoms with Crippen LogP contribution in [0.4, 0.5) is 4.39 Å². The topological polar surface area (TPSA) is 0 Å². The molecule has 0 N–H and O–H groups in total. The molecule has 0 amide bonds. The van der Waals surface area contributed by atoms with Crippen LogP contribution in [0, 0.1) is 5.82 Å². The second-order valence-electron chi connectivity index (χ2n) is 3.63. The van der Waals surface area contributed by atoms with Crippen molar-refractivity contribution in [3.8, 4) is 4.90 Å². The Morgan fingerprint density at radius 2 is 1.56 bits per heavy atom. The molecular formula is C14H10FS+. The van der Waals surface area contributed by atoms with Gasteiger partial charge in [-0.25, -0.2) is 4.39 Å². The monoisotopic (exact) mass is 229 g/mol. The first kappa shape index (κ1) is 9.55. The number of fused-ring (bicyclic) bond motifs is 1. The molecule has 0 spiro atoms. The summed E-state index contributed by atoms with van der Waals surface area (Å²) in [6.07, 6.45) is 0. The van der Waals surface area contributed by atoms with Crippen LogP contribution in [0.25, 0.3) is 15.0 Å². The number of hydrogen-bond acceptors (Lipinski definition) is 0. The zero-order valence-electron chi connectivity index (χ0n) is 8.56. The Morgan fingerprint density at radius 3 is 2.38 bits per heavy atom. The first-order chi connectivity index (χ1) is 7.84. The van der Waals surface area contributed by atoms with Crippen LogP contribution in [0.3, 0.4) is 0 Å². The van der Waals surface area contributed by atoms with Gasteiger partial charge in [0.25, 0.3) is 0 Å². The minimum absolute atomic E-state index is 0.0211. The molecule has 1 unspecified atom stereocenters. The number of hydrogen-bond donors (Lipinski definition) is 0. The quantitative estimate of drug-likeness (QED) is 0.530. The summed E-state index contributed by atoms with van der Waals surface area (Å²) >= 11 is 0. The Kier molecular flexibility index (Phi) is 2.22. The van der Waals surface area contributed by atoms with Crippen LogP contribution in [-0.2, 0) is 0 Å². The van der Waals surface area contributed by atoms with Gasteiger partial charge in [-0.05, 0) is 24.3 Å². The molecule has 0 aliphatic heterocycles. The first-order valence-electron chi connectivity index (χ1n) is 5.10. The van der Waals surface area contributed by atoms with Gasteiger partial charge in [0.15, 0.2) is 9.60 Å². The van der Waals surface area contributed by atoms with E-state index in [0.29, 0.717) is 0 Å². The molecule has 3 aromatic rings. The highest BCUT2D eigenvalue weighted by Gasteiger charge is 2.14. The third kappa shape index (κ3) is 1.51. The van der Waals surface area contributed by atoms with E-state index in [0.717, 1.165) is 0 Å². The standard InChI is InChI=1S/C14H10FS/c15-12-5-7-13(8-6-12)16-10-9-11-3-1-2-4-14(11)16/h1-10H/q+1. The molecule has 0 bridgehead atoms. The maximum atomic E-state index is 12.9. The minimum Gasteiger partial charge on any atom is -0.207 e. The van der Waals surface area contributed by atoms with Crippen molar-refractivity contribution in [3.05, 3.63) is 65.8 Å². The van der Waals surface area contributed by atoms with Crippen molar-refractivity contribution in [3.63, 3.8) is 0 Å². The summed E-state index contributed by atoms with van der Waals surface area (Å²) in [5.41, 5.74) is 0. The van der Waals surface area contributed by atoms with Crippen LogP contribution in [0.2, 0.25) is 0 Å². The summed E-state index contributed by atoms with van der Waals surface area (Å²) in [7, 11) is -0.0211. The highest BCUT2D eigenvalue weighted by atomic mass is 32.2. The molecule has 0 aliphatic rings. The third-order valence-corrected chi connectivity index (χ3v) is 4.64. The zero-order valence-corrected chi connectivity index (χ0v) is 9.38. The van der Waals surface area contributed by atoms with E-state index < -0.39 is 0 Å². The van der Waals surface area contributed by atoms with Gasteiger partial charge in [0, 0.05) is 34.1 Å². The fourth-order valence-corrected chi connectivity index (χ4v) is 3.70. The van der Waals surface area contributed by atoms with Crippen LogP contribution in [0.15, 0.2) is 60.0 Å². The van der Waals surface area contributed by atoms with Crippen LogP contribution < -0.4 is 0 Å². The largest absolute Gasteiger partial charge is 0.207 e. The van der Waals surface area contributed by atoms with Crippen molar-refractivity contribution < 1.29 is 4.39 Å². The van der Waals surface area contributed by atoms with Crippen molar-refractivity contribution in [2.75, 3.05) is 0 Å². The summed E-state index contributed by atoms with van der Waals surface area (Å²) < 4.78 is 14.2. The Bertz CT molecular complexity index is 623. The summed E-state index contributed by atoms with van der Waals surface area (Å²) in [6, 6.07) is 17.3. The predicted molar refractivity (Wildman–Crippen MR) is 67.7 cm³/mol. The molecule has 0 saturated carbocycles. The van der Waals surface area contributed by atoms with Gasteiger partial charge in [-0.1, -0.05) is 12.1 Å². The van der Waals surface area contributed by atoms with Crippen molar-refractivity contribution in [2.24, 2.45) is 0 Å². The highest BCUT2D eigenvalue weighted by molar-refractivity contribution is 7.43. The third-order valence-electron chi connectivity index (χ3n) is 2.61. The Labute approximate surface area is 95.9 Å². The van der Waals surface area contributed by atoms with Gasteiger partial charge in [-0.2, -0.15) is 0 Å². The summed E-state index contributed by atoms with van der Waals surface area (Å²) in [6.45, 7) is 0. The van der Waals surface area contributed by atoms with Gasteiger partial charge in [0.05, 0.1) is 0 Å². The lowest BCUT2D eigenvalue weighted by molar-refractivity contribution is 0.628. The van der Waals surface area contributed by atoms with E-state index >= 15 is 0 Å². The summed E-state index contributed by atoms with van der Waals surface area (Å²) in [5, 5.41) is 3.47. The van der Waals surface area contributed by atoms with Gasteiger partial charge in [-0.3, -0.25) is 0 Å². The lowest BCUT2D eigenvalue weighted by atomic mass is 10.3. The normalized spacial score (nSPS) is 11.9. The van der Waals surface area contributed by atoms with Crippen LogP contribution in [0.1, 0.15) is 0 Å². The first-order valence-corrected chi connectivity index (χ1v) is 6.39. The second-order valence-corrected chi connectivity index (χ2v) is 5.49. The van der Waals surface area contributed by atoms with Crippen molar-refractivity contribution in [2.45, 2.75) is 0 Å². The fraction of sp³-hybridized carbons (Fsp3) is 0. The Morgan fingerprint density at radius 1 is 0.812 bits per heavy atom. The van der Waals surface area contributed by atoms with E-state index in [2.05, 4.69) is 29.6 Å². The van der Waals surface area contributed by atoms with E-state index in [-0.39, 0.29) is 16.3 Å². The second kappa shape index (κ2) is 3.72. The van der Waals surface area contributed by atoms with Gasteiger partial charge in [0.1, 0.15) is 11.2 Å². The van der Waals surface area contributed by atoms with Crippen LogP contribution in [-0.4, -0.2) is 0 Å². The number of halogens is 1. The van der Waals surface area contributed by atoms with E-state index in [1.54, 1.807) is 0 Å².